The highest BCUT2D eigenvalue weighted by Crippen LogP contribution is 2.32. The normalized spacial score (nSPS) is 15.3. The Morgan fingerprint density at radius 1 is 0.939 bits per heavy atom. The molecule has 0 spiro atoms. The summed E-state index contributed by atoms with van der Waals surface area (Å²) in [6.45, 7) is 3.78. The number of anilines is 1. The number of para-hydroxylation sites is 1. The van der Waals surface area contributed by atoms with Gasteiger partial charge in [0.15, 0.2) is 5.82 Å². The Morgan fingerprint density at radius 2 is 1.67 bits per heavy atom. The third-order valence-corrected chi connectivity index (χ3v) is 8.80. The van der Waals surface area contributed by atoms with E-state index < -0.39 is 10.0 Å². The van der Waals surface area contributed by atoms with Gasteiger partial charge < -0.3 is 10.0 Å². The van der Waals surface area contributed by atoms with Crippen molar-refractivity contribution in [3.05, 3.63) is 71.1 Å². The van der Waals surface area contributed by atoms with E-state index in [2.05, 4.69) is 4.90 Å². The minimum atomic E-state index is -3.53. The monoisotopic (exact) mass is 480 g/mol. The number of benzene rings is 2. The summed E-state index contributed by atoms with van der Waals surface area (Å²) >= 11 is 1.47. The van der Waals surface area contributed by atoms with E-state index in [1.165, 1.54) is 11.3 Å². The molecule has 1 saturated heterocycles. The Kier molecular flexibility index (Phi) is 5.88. The number of thiophene rings is 1. The summed E-state index contributed by atoms with van der Waals surface area (Å²) in [5, 5.41) is 10.4. The molecule has 7 nitrogen and oxygen atoms in total. The maximum absolute atomic E-state index is 13.1. The van der Waals surface area contributed by atoms with E-state index in [0.29, 0.717) is 36.9 Å². The molecule has 9 heteroatoms. The molecule has 0 saturated carbocycles. The summed E-state index contributed by atoms with van der Waals surface area (Å²) in [4.78, 5) is 13.8. The number of aromatic nitrogens is 2. The first-order valence-electron chi connectivity index (χ1n) is 10.7. The number of hydrogen-bond donors (Lipinski definition) is 1. The molecular weight excluding hydrogens is 456 g/mol. The zero-order chi connectivity index (χ0) is 23.0. The summed E-state index contributed by atoms with van der Waals surface area (Å²) in [7, 11) is -3.53. The number of aliphatic hydroxyl groups excluding tert-OH is 1. The predicted octanol–water partition coefficient (Wildman–Crippen LogP) is 3.67. The lowest BCUT2D eigenvalue weighted by molar-refractivity contribution is 0.285. The number of fused-ring (bicyclic) bond motifs is 1. The fraction of sp³-hybridized carbons (Fsp3) is 0.250. The van der Waals surface area contributed by atoms with Crippen molar-refractivity contribution < 1.29 is 13.5 Å². The zero-order valence-corrected chi connectivity index (χ0v) is 19.8. The van der Waals surface area contributed by atoms with Crippen LogP contribution in [0.4, 0.5) is 5.82 Å². The van der Waals surface area contributed by atoms with Gasteiger partial charge in [-0.3, -0.25) is 0 Å². The third kappa shape index (κ3) is 4.24. The summed E-state index contributed by atoms with van der Waals surface area (Å²) in [5.41, 5.74) is 1.87. The third-order valence-electron chi connectivity index (χ3n) is 5.82. The predicted molar refractivity (Wildman–Crippen MR) is 131 cm³/mol. The smallest absolute Gasteiger partial charge is 0.243 e. The molecule has 3 heterocycles. The number of sulfonamides is 1. The summed E-state index contributed by atoms with van der Waals surface area (Å²) < 4.78 is 27.7. The molecule has 2 aromatic heterocycles. The summed E-state index contributed by atoms with van der Waals surface area (Å²) in [6.07, 6.45) is 0. The van der Waals surface area contributed by atoms with Gasteiger partial charge in [-0.1, -0.05) is 29.8 Å². The fourth-order valence-corrected chi connectivity index (χ4v) is 6.22. The Balaban J connectivity index is 1.44. The Bertz CT molecular complexity index is 1390. The average molecular weight is 481 g/mol. The van der Waals surface area contributed by atoms with Crippen LogP contribution in [0.2, 0.25) is 0 Å². The molecular formula is C24H24N4O3S2. The number of piperazine rings is 1. The van der Waals surface area contributed by atoms with Crippen LogP contribution in [0, 0.1) is 6.92 Å². The number of aryl methyl sites for hydroxylation is 1. The molecule has 5 rings (SSSR count). The second-order valence-corrected chi connectivity index (χ2v) is 11.1. The molecule has 0 atom stereocenters. The quantitative estimate of drug-likeness (QED) is 0.469. The van der Waals surface area contributed by atoms with E-state index in [-0.39, 0.29) is 6.61 Å². The number of rotatable bonds is 5. The molecule has 1 N–H and O–H groups in total. The SMILES string of the molecule is Cc1ccc(S(=O)(=O)N2CCN(c3nc(-c4ccc(CO)s4)nc4ccccc34)CC2)cc1. The minimum Gasteiger partial charge on any atom is -0.391 e. The van der Waals surface area contributed by atoms with Gasteiger partial charge in [-0.15, -0.1) is 11.3 Å². The van der Waals surface area contributed by atoms with E-state index in [1.807, 2.05) is 55.5 Å². The second-order valence-electron chi connectivity index (χ2n) is 8.02. The van der Waals surface area contributed by atoms with Crippen molar-refractivity contribution in [3.63, 3.8) is 0 Å². The van der Waals surface area contributed by atoms with Crippen molar-refractivity contribution in [2.45, 2.75) is 18.4 Å². The molecule has 1 aliphatic rings. The number of hydrogen-bond acceptors (Lipinski definition) is 7. The highest BCUT2D eigenvalue weighted by molar-refractivity contribution is 7.89. The van der Waals surface area contributed by atoms with Crippen molar-refractivity contribution >= 4 is 38.1 Å². The van der Waals surface area contributed by atoms with Crippen LogP contribution in [0.25, 0.3) is 21.6 Å². The minimum absolute atomic E-state index is 0.0114. The van der Waals surface area contributed by atoms with Crippen LogP contribution in [-0.4, -0.2) is 54.0 Å². The van der Waals surface area contributed by atoms with E-state index in [4.69, 9.17) is 9.97 Å². The lowest BCUT2D eigenvalue weighted by atomic mass is 10.2. The maximum Gasteiger partial charge on any atom is 0.243 e. The first-order valence-corrected chi connectivity index (χ1v) is 13.0. The van der Waals surface area contributed by atoms with Crippen LogP contribution >= 0.6 is 11.3 Å². The van der Waals surface area contributed by atoms with Crippen molar-refractivity contribution in [3.8, 4) is 10.7 Å². The molecule has 170 valence electrons. The van der Waals surface area contributed by atoms with Crippen LogP contribution in [0.3, 0.4) is 0 Å². The van der Waals surface area contributed by atoms with E-state index in [9.17, 15) is 13.5 Å². The van der Waals surface area contributed by atoms with Gasteiger partial charge in [0, 0.05) is 36.4 Å². The van der Waals surface area contributed by atoms with Crippen LogP contribution in [-0.2, 0) is 16.6 Å². The van der Waals surface area contributed by atoms with Gasteiger partial charge in [-0.2, -0.15) is 4.31 Å². The average Bonchev–Trinajstić information content (AvgIpc) is 3.33. The largest absolute Gasteiger partial charge is 0.391 e. The Hall–Kier alpha value is -2.85. The van der Waals surface area contributed by atoms with Crippen LogP contribution in [0.15, 0.2) is 65.6 Å². The van der Waals surface area contributed by atoms with Gasteiger partial charge in [0.05, 0.1) is 21.9 Å². The second kappa shape index (κ2) is 8.83. The van der Waals surface area contributed by atoms with Gasteiger partial charge in [0.2, 0.25) is 10.0 Å². The lowest BCUT2D eigenvalue weighted by Gasteiger charge is -2.35. The van der Waals surface area contributed by atoms with E-state index in [0.717, 1.165) is 32.0 Å². The maximum atomic E-state index is 13.1. The zero-order valence-electron chi connectivity index (χ0n) is 18.2. The van der Waals surface area contributed by atoms with E-state index in [1.54, 1.807) is 16.4 Å². The highest BCUT2D eigenvalue weighted by Gasteiger charge is 2.29. The standard InChI is InChI=1S/C24H24N4O3S2/c1-17-6-9-19(10-7-17)33(30,31)28-14-12-27(13-15-28)24-20-4-2-3-5-21(20)25-23(26-24)22-11-8-18(16-29)32-22/h2-11,29H,12-16H2,1H3. The molecule has 0 bridgehead atoms. The lowest BCUT2D eigenvalue weighted by Crippen LogP contribution is -2.49. The molecule has 0 radical (unpaired) electrons. The first kappa shape index (κ1) is 22.0. The molecule has 0 unspecified atom stereocenters. The molecule has 1 fully saturated rings. The summed E-state index contributed by atoms with van der Waals surface area (Å²) in [6, 6.07) is 18.7. The van der Waals surface area contributed by atoms with Gasteiger partial charge in [0.1, 0.15) is 5.82 Å². The van der Waals surface area contributed by atoms with Crippen LogP contribution in [0.5, 0.6) is 0 Å². The van der Waals surface area contributed by atoms with Crippen molar-refractivity contribution in [1.82, 2.24) is 14.3 Å². The van der Waals surface area contributed by atoms with Gasteiger partial charge >= 0.3 is 0 Å². The van der Waals surface area contributed by atoms with Gasteiger partial charge in [-0.05, 0) is 43.3 Å². The molecule has 2 aromatic carbocycles. The van der Waals surface area contributed by atoms with Gasteiger partial charge in [-0.25, -0.2) is 18.4 Å². The molecule has 4 aromatic rings. The molecule has 0 aliphatic carbocycles. The van der Waals surface area contributed by atoms with Gasteiger partial charge in [0.25, 0.3) is 0 Å². The topological polar surface area (TPSA) is 86.6 Å². The van der Waals surface area contributed by atoms with E-state index >= 15 is 0 Å². The molecule has 33 heavy (non-hydrogen) atoms. The van der Waals surface area contributed by atoms with Crippen LogP contribution in [0.1, 0.15) is 10.4 Å². The van der Waals surface area contributed by atoms with Crippen molar-refractivity contribution in [2.24, 2.45) is 0 Å². The molecule has 1 aliphatic heterocycles. The Labute approximate surface area is 197 Å². The molecule has 0 amide bonds. The number of aliphatic hydroxyl groups is 1. The Morgan fingerprint density at radius 3 is 2.36 bits per heavy atom. The van der Waals surface area contributed by atoms with Crippen molar-refractivity contribution in [2.75, 3.05) is 31.1 Å². The fourth-order valence-electron chi connectivity index (χ4n) is 3.99. The van der Waals surface area contributed by atoms with Crippen LogP contribution < -0.4 is 4.90 Å². The highest BCUT2D eigenvalue weighted by atomic mass is 32.2. The first-order chi connectivity index (χ1) is 16.0. The summed E-state index contributed by atoms with van der Waals surface area (Å²) in [5.74, 6) is 1.42. The number of nitrogens with zero attached hydrogens (tertiary/aromatic N) is 4. The van der Waals surface area contributed by atoms with Crippen molar-refractivity contribution in [1.29, 1.82) is 0 Å².